The van der Waals surface area contributed by atoms with Gasteiger partial charge in [-0.2, -0.15) is 0 Å². The number of unbranched alkanes of at least 4 members (excludes halogenated alkanes) is 1. The summed E-state index contributed by atoms with van der Waals surface area (Å²) in [4.78, 5) is 45.7. The zero-order valence-electron chi connectivity index (χ0n) is 15.2. The zero-order chi connectivity index (χ0) is 18.4. The third-order valence-electron chi connectivity index (χ3n) is 4.39. The van der Waals surface area contributed by atoms with Gasteiger partial charge in [0.1, 0.15) is 11.4 Å². The van der Waals surface area contributed by atoms with Crippen LogP contribution in [0.3, 0.4) is 0 Å². The van der Waals surface area contributed by atoms with E-state index in [9.17, 15) is 14.4 Å². The standard InChI is InChI=1S/C18H26N4O3/c1-4-5-9-20(3)17(24)15-7-6-8-16(19-15)18(25)22-12-10-21(11-13-22)14(2)23/h6-8H,4-5,9-13H2,1-3H3. The summed E-state index contributed by atoms with van der Waals surface area (Å²) in [6, 6.07) is 4.95. The lowest BCUT2D eigenvalue weighted by atomic mass is 10.2. The molecule has 0 bridgehead atoms. The van der Waals surface area contributed by atoms with E-state index in [1.807, 2.05) is 0 Å². The molecule has 0 spiro atoms. The number of pyridine rings is 1. The van der Waals surface area contributed by atoms with Gasteiger partial charge in [0.25, 0.3) is 11.8 Å². The Morgan fingerprint density at radius 1 is 1.08 bits per heavy atom. The molecular weight excluding hydrogens is 320 g/mol. The predicted molar refractivity (Wildman–Crippen MR) is 94.3 cm³/mol. The van der Waals surface area contributed by atoms with E-state index in [2.05, 4.69) is 11.9 Å². The molecule has 1 aromatic heterocycles. The molecule has 0 atom stereocenters. The van der Waals surface area contributed by atoms with Crippen LogP contribution in [0.25, 0.3) is 0 Å². The molecule has 3 amide bonds. The first kappa shape index (κ1) is 18.9. The molecule has 2 rings (SSSR count). The molecule has 2 heterocycles. The van der Waals surface area contributed by atoms with Crippen molar-refractivity contribution in [2.75, 3.05) is 39.8 Å². The molecule has 136 valence electrons. The Morgan fingerprint density at radius 3 is 2.28 bits per heavy atom. The van der Waals surface area contributed by atoms with E-state index in [0.717, 1.165) is 12.8 Å². The average molecular weight is 346 g/mol. The summed E-state index contributed by atoms with van der Waals surface area (Å²) in [7, 11) is 1.75. The van der Waals surface area contributed by atoms with E-state index in [1.54, 1.807) is 39.9 Å². The van der Waals surface area contributed by atoms with Crippen molar-refractivity contribution in [1.82, 2.24) is 19.7 Å². The topological polar surface area (TPSA) is 73.8 Å². The number of hydrogen-bond donors (Lipinski definition) is 0. The third-order valence-corrected chi connectivity index (χ3v) is 4.39. The van der Waals surface area contributed by atoms with E-state index in [-0.39, 0.29) is 29.1 Å². The first-order valence-corrected chi connectivity index (χ1v) is 8.71. The molecule has 1 aliphatic rings. The summed E-state index contributed by atoms with van der Waals surface area (Å²) >= 11 is 0. The van der Waals surface area contributed by atoms with Crippen molar-refractivity contribution >= 4 is 17.7 Å². The van der Waals surface area contributed by atoms with Crippen LogP contribution in [0.2, 0.25) is 0 Å². The molecule has 1 aromatic rings. The number of nitrogens with zero attached hydrogens (tertiary/aromatic N) is 4. The van der Waals surface area contributed by atoms with Gasteiger partial charge in [0.2, 0.25) is 5.91 Å². The number of carbonyl (C=O) groups excluding carboxylic acids is 3. The van der Waals surface area contributed by atoms with E-state index >= 15 is 0 Å². The lowest BCUT2D eigenvalue weighted by molar-refractivity contribution is -0.130. The van der Waals surface area contributed by atoms with E-state index < -0.39 is 0 Å². The van der Waals surface area contributed by atoms with Gasteiger partial charge in [-0.25, -0.2) is 4.98 Å². The lowest BCUT2D eigenvalue weighted by Gasteiger charge is -2.34. The first-order valence-electron chi connectivity index (χ1n) is 8.71. The highest BCUT2D eigenvalue weighted by molar-refractivity contribution is 5.96. The van der Waals surface area contributed by atoms with Crippen LogP contribution in [0, 0.1) is 0 Å². The average Bonchev–Trinajstić information content (AvgIpc) is 2.65. The lowest BCUT2D eigenvalue weighted by Crippen LogP contribution is -2.50. The van der Waals surface area contributed by atoms with E-state index in [1.165, 1.54) is 6.92 Å². The van der Waals surface area contributed by atoms with Crippen LogP contribution in [0.15, 0.2) is 18.2 Å². The summed E-state index contributed by atoms with van der Waals surface area (Å²) < 4.78 is 0. The largest absolute Gasteiger partial charge is 0.340 e. The third kappa shape index (κ3) is 4.78. The first-order chi connectivity index (χ1) is 11.9. The number of piperazine rings is 1. The molecular formula is C18H26N4O3. The van der Waals surface area contributed by atoms with Gasteiger partial charge < -0.3 is 14.7 Å². The Balaban J connectivity index is 2.04. The maximum Gasteiger partial charge on any atom is 0.272 e. The summed E-state index contributed by atoms with van der Waals surface area (Å²) in [5.41, 5.74) is 0.554. The molecule has 7 nitrogen and oxygen atoms in total. The summed E-state index contributed by atoms with van der Waals surface area (Å²) in [6.45, 7) is 6.29. The molecule has 1 saturated heterocycles. The van der Waals surface area contributed by atoms with Crippen LogP contribution < -0.4 is 0 Å². The van der Waals surface area contributed by atoms with Crippen LogP contribution in [0.5, 0.6) is 0 Å². The van der Waals surface area contributed by atoms with Gasteiger partial charge in [0.15, 0.2) is 0 Å². The van der Waals surface area contributed by atoms with Crippen molar-refractivity contribution in [3.63, 3.8) is 0 Å². The monoisotopic (exact) mass is 346 g/mol. The Morgan fingerprint density at radius 2 is 1.68 bits per heavy atom. The highest BCUT2D eigenvalue weighted by Crippen LogP contribution is 2.10. The zero-order valence-corrected chi connectivity index (χ0v) is 15.2. The second kappa shape index (κ2) is 8.60. The van der Waals surface area contributed by atoms with Crippen molar-refractivity contribution in [1.29, 1.82) is 0 Å². The molecule has 1 aliphatic heterocycles. The van der Waals surface area contributed by atoms with E-state index in [4.69, 9.17) is 0 Å². The minimum atomic E-state index is -0.200. The summed E-state index contributed by atoms with van der Waals surface area (Å²) in [5, 5.41) is 0. The van der Waals surface area contributed by atoms with Gasteiger partial charge in [0.05, 0.1) is 0 Å². The highest BCUT2D eigenvalue weighted by atomic mass is 16.2. The fourth-order valence-electron chi connectivity index (χ4n) is 2.75. The molecule has 25 heavy (non-hydrogen) atoms. The molecule has 0 aromatic carbocycles. The second-order valence-electron chi connectivity index (χ2n) is 6.29. The van der Waals surface area contributed by atoms with Crippen molar-refractivity contribution in [3.05, 3.63) is 29.6 Å². The molecule has 0 saturated carbocycles. The summed E-state index contributed by atoms with van der Waals surface area (Å²) in [6.07, 6.45) is 1.94. The van der Waals surface area contributed by atoms with Gasteiger partial charge in [-0.1, -0.05) is 19.4 Å². The molecule has 0 unspecified atom stereocenters. The number of aromatic nitrogens is 1. The number of rotatable bonds is 5. The highest BCUT2D eigenvalue weighted by Gasteiger charge is 2.24. The molecule has 0 radical (unpaired) electrons. The van der Waals surface area contributed by atoms with Gasteiger partial charge in [-0.15, -0.1) is 0 Å². The Kier molecular flexibility index (Phi) is 6.50. The minimum absolute atomic E-state index is 0.0212. The maximum absolute atomic E-state index is 12.6. The van der Waals surface area contributed by atoms with Crippen LogP contribution in [0.4, 0.5) is 0 Å². The number of carbonyl (C=O) groups is 3. The van der Waals surface area contributed by atoms with Crippen molar-refractivity contribution in [2.45, 2.75) is 26.7 Å². The smallest absolute Gasteiger partial charge is 0.272 e. The van der Waals surface area contributed by atoms with Crippen molar-refractivity contribution in [2.24, 2.45) is 0 Å². The Labute approximate surface area is 148 Å². The Hall–Kier alpha value is -2.44. The predicted octanol–water partition coefficient (Wildman–Crippen LogP) is 1.26. The van der Waals surface area contributed by atoms with Gasteiger partial charge in [-0.3, -0.25) is 14.4 Å². The van der Waals surface area contributed by atoms with Crippen molar-refractivity contribution < 1.29 is 14.4 Å². The van der Waals surface area contributed by atoms with Gasteiger partial charge in [-0.05, 0) is 18.6 Å². The number of amides is 3. The molecule has 7 heteroatoms. The number of hydrogen-bond acceptors (Lipinski definition) is 4. The SMILES string of the molecule is CCCCN(C)C(=O)c1cccc(C(=O)N2CCN(C(C)=O)CC2)n1. The minimum Gasteiger partial charge on any atom is -0.340 e. The second-order valence-corrected chi connectivity index (χ2v) is 6.29. The van der Waals surface area contributed by atoms with Gasteiger partial charge in [0, 0.05) is 46.7 Å². The summed E-state index contributed by atoms with van der Waals surface area (Å²) in [5.74, 6) is -0.355. The molecule has 0 aliphatic carbocycles. The Bertz CT molecular complexity index is 639. The van der Waals surface area contributed by atoms with Crippen LogP contribution in [-0.2, 0) is 4.79 Å². The molecule has 0 N–H and O–H groups in total. The fourth-order valence-corrected chi connectivity index (χ4v) is 2.75. The van der Waals surface area contributed by atoms with Crippen molar-refractivity contribution in [3.8, 4) is 0 Å². The normalized spacial score (nSPS) is 14.4. The van der Waals surface area contributed by atoms with Gasteiger partial charge >= 0.3 is 0 Å². The van der Waals surface area contributed by atoms with Crippen LogP contribution >= 0.6 is 0 Å². The van der Waals surface area contributed by atoms with E-state index in [0.29, 0.717) is 32.7 Å². The quantitative estimate of drug-likeness (QED) is 0.804. The molecule has 1 fully saturated rings. The fraction of sp³-hybridized carbons (Fsp3) is 0.556. The maximum atomic E-state index is 12.6. The van der Waals surface area contributed by atoms with Crippen LogP contribution in [-0.4, -0.2) is 77.2 Å². The van der Waals surface area contributed by atoms with Crippen LogP contribution in [0.1, 0.15) is 47.7 Å².